The van der Waals surface area contributed by atoms with Gasteiger partial charge in [0.1, 0.15) is 0 Å². The van der Waals surface area contributed by atoms with Gasteiger partial charge in [0, 0.05) is 37.5 Å². The molecule has 0 saturated carbocycles. The quantitative estimate of drug-likeness (QED) is 0.843. The monoisotopic (exact) mass is 224 g/mol. The highest BCUT2D eigenvalue weighted by molar-refractivity contribution is 7.09. The number of hydrogen-bond acceptors (Lipinski definition) is 3. The SMILES string of the molecule is CN1CC(NCc2cccs2)CCC1=O. The van der Waals surface area contributed by atoms with Crippen LogP contribution < -0.4 is 5.32 Å². The molecule has 1 aromatic rings. The molecule has 0 spiro atoms. The normalized spacial score (nSPS) is 22.1. The lowest BCUT2D eigenvalue weighted by molar-refractivity contribution is -0.132. The van der Waals surface area contributed by atoms with Gasteiger partial charge in [-0.1, -0.05) is 6.07 Å². The first-order valence-electron chi connectivity index (χ1n) is 5.25. The summed E-state index contributed by atoms with van der Waals surface area (Å²) in [6.07, 6.45) is 1.65. The number of nitrogens with one attached hydrogen (secondary N) is 1. The van der Waals surface area contributed by atoms with E-state index in [0.717, 1.165) is 19.5 Å². The molecule has 1 fully saturated rings. The summed E-state index contributed by atoms with van der Waals surface area (Å²) >= 11 is 1.77. The number of likely N-dealkylation sites (N-methyl/N-ethyl adjacent to an activating group) is 1. The standard InChI is InChI=1S/C11H16N2OS/c1-13-8-9(4-5-11(13)14)12-7-10-3-2-6-15-10/h2-3,6,9,12H,4-5,7-8H2,1H3. The molecule has 1 saturated heterocycles. The lowest BCUT2D eigenvalue weighted by Crippen LogP contribution is -2.46. The number of carbonyl (C=O) groups excluding carboxylic acids is 1. The Morgan fingerprint density at radius 2 is 2.53 bits per heavy atom. The number of thiophene rings is 1. The van der Waals surface area contributed by atoms with Crippen LogP contribution in [-0.4, -0.2) is 30.4 Å². The average molecular weight is 224 g/mol. The molecule has 2 rings (SSSR count). The molecule has 3 nitrogen and oxygen atoms in total. The minimum atomic E-state index is 0.268. The lowest BCUT2D eigenvalue weighted by atomic mass is 10.1. The van der Waals surface area contributed by atoms with Crippen molar-refractivity contribution in [3.63, 3.8) is 0 Å². The highest BCUT2D eigenvalue weighted by atomic mass is 32.1. The van der Waals surface area contributed by atoms with Gasteiger partial charge in [-0.3, -0.25) is 4.79 Å². The van der Waals surface area contributed by atoms with Gasteiger partial charge in [0.2, 0.25) is 5.91 Å². The van der Waals surface area contributed by atoms with Crippen LogP contribution in [0.25, 0.3) is 0 Å². The smallest absolute Gasteiger partial charge is 0.222 e. The molecule has 1 aromatic heterocycles. The molecule has 0 radical (unpaired) electrons. The van der Waals surface area contributed by atoms with Gasteiger partial charge in [0.05, 0.1) is 0 Å². The van der Waals surface area contributed by atoms with Crippen LogP contribution in [0, 0.1) is 0 Å². The van der Waals surface area contributed by atoms with Crippen molar-refractivity contribution < 1.29 is 4.79 Å². The largest absolute Gasteiger partial charge is 0.344 e. The van der Waals surface area contributed by atoms with Crippen LogP contribution in [0.15, 0.2) is 17.5 Å². The van der Waals surface area contributed by atoms with Gasteiger partial charge in [-0.15, -0.1) is 11.3 Å². The van der Waals surface area contributed by atoms with Crippen LogP contribution in [0.5, 0.6) is 0 Å². The van der Waals surface area contributed by atoms with E-state index in [9.17, 15) is 4.79 Å². The molecule has 1 amide bonds. The molecule has 0 aliphatic carbocycles. The third kappa shape index (κ3) is 2.79. The van der Waals surface area contributed by atoms with Crippen LogP contribution in [0.1, 0.15) is 17.7 Å². The van der Waals surface area contributed by atoms with E-state index in [-0.39, 0.29) is 5.91 Å². The molecule has 0 bridgehead atoms. The Morgan fingerprint density at radius 1 is 1.67 bits per heavy atom. The maximum absolute atomic E-state index is 11.3. The second-order valence-corrected chi connectivity index (χ2v) is 5.00. The van der Waals surface area contributed by atoms with Crippen LogP contribution in [0.2, 0.25) is 0 Å². The van der Waals surface area contributed by atoms with Gasteiger partial charge in [0.25, 0.3) is 0 Å². The Hall–Kier alpha value is -0.870. The van der Waals surface area contributed by atoms with Gasteiger partial charge in [0.15, 0.2) is 0 Å². The molecular formula is C11H16N2OS. The molecule has 0 aromatic carbocycles. The second kappa shape index (κ2) is 4.77. The van der Waals surface area contributed by atoms with Crippen molar-refractivity contribution in [3.8, 4) is 0 Å². The van der Waals surface area contributed by atoms with E-state index < -0.39 is 0 Å². The van der Waals surface area contributed by atoms with E-state index in [1.807, 2.05) is 11.9 Å². The number of likely N-dealkylation sites (tertiary alicyclic amines) is 1. The molecule has 4 heteroatoms. The molecule has 15 heavy (non-hydrogen) atoms. The number of carbonyl (C=O) groups is 1. The number of hydrogen-bond donors (Lipinski definition) is 1. The number of amides is 1. The molecule has 1 unspecified atom stereocenters. The third-order valence-electron chi connectivity index (χ3n) is 2.77. The van der Waals surface area contributed by atoms with Gasteiger partial charge in [-0.25, -0.2) is 0 Å². The lowest BCUT2D eigenvalue weighted by Gasteiger charge is -2.30. The summed E-state index contributed by atoms with van der Waals surface area (Å²) in [6.45, 7) is 1.76. The van der Waals surface area contributed by atoms with E-state index in [2.05, 4.69) is 22.8 Å². The first-order valence-corrected chi connectivity index (χ1v) is 6.13. The highest BCUT2D eigenvalue weighted by Crippen LogP contribution is 2.12. The number of rotatable bonds is 3. The highest BCUT2D eigenvalue weighted by Gasteiger charge is 2.21. The summed E-state index contributed by atoms with van der Waals surface area (Å²) < 4.78 is 0. The van der Waals surface area contributed by atoms with E-state index >= 15 is 0 Å². The summed E-state index contributed by atoms with van der Waals surface area (Å²) in [6, 6.07) is 4.66. The van der Waals surface area contributed by atoms with Crippen LogP contribution >= 0.6 is 11.3 Å². The van der Waals surface area contributed by atoms with Crippen molar-refractivity contribution in [1.29, 1.82) is 0 Å². The average Bonchev–Trinajstić information content (AvgIpc) is 2.73. The van der Waals surface area contributed by atoms with Crippen molar-refractivity contribution in [1.82, 2.24) is 10.2 Å². The summed E-state index contributed by atoms with van der Waals surface area (Å²) in [7, 11) is 1.88. The fraction of sp³-hybridized carbons (Fsp3) is 0.545. The van der Waals surface area contributed by atoms with Crippen molar-refractivity contribution in [2.45, 2.75) is 25.4 Å². The van der Waals surface area contributed by atoms with Crippen molar-refractivity contribution in [3.05, 3.63) is 22.4 Å². The Balaban J connectivity index is 1.78. The van der Waals surface area contributed by atoms with Crippen molar-refractivity contribution >= 4 is 17.2 Å². The summed E-state index contributed by atoms with van der Waals surface area (Å²) in [5.41, 5.74) is 0. The van der Waals surface area contributed by atoms with Crippen LogP contribution in [0.4, 0.5) is 0 Å². The Labute approximate surface area is 94.1 Å². The molecule has 1 N–H and O–H groups in total. The predicted molar refractivity (Wildman–Crippen MR) is 61.8 cm³/mol. The zero-order valence-electron chi connectivity index (χ0n) is 8.90. The Kier molecular flexibility index (Phi) is 3.38. The zero-order valence-corrected chi connectivity index (χ0v) is 9.72. The van der Waals surface area contributed by atoms with Crippen molar-refractivity contribution in [2.75, 3.05) is 13.6 Å². The molecule has 1 atom stereocenters. The Morgan fingerprint density at radius 3 is 3.20 bits per heavy atom. The maximum atomic E-state index is 11.3. The van der Waals surface area contributed by atoms with Crippen LogP contribution in [-0.2, 0) is 11.3 Å². The molecule has 1 aliphatic heterocycles. The fourth-order valence-corrected chi connectivity index (χ4v) is 2.49. The minimum Gasteiger partial charge on any atom is -0.344 e. The zero-order chi connectivity index (χ0) is 10.7. The van der Waals surface area contributed by atoms with Gasteiger partial charge >= 0.3 is 0 Å². The Bertz CT molecular complexity index is 323. The van der Waals surface area contributed by atoms with E-state index in [1.54, 1.807) is 11.3 Å². The molecule has 82 valence electrons. The number of nitrogens with zero attached hydrogens (tertiary/aromatic N) is 1. The predicted octanol–water partition coefficient (Wildman–Crippen LogP) is 1.46. The third-order valence-corrected chi connectivity index (χ3v) is 3.65. The van der Waals surface area contributed by atoms with Crippen LogP contribution in [0.3, 0.4) is 0 Å². The summed E-state index contributed by atoms with van der Waals surface area (Å²) in [4.78, 5) is 14.4. The van der Waals surface area contributed by atoms with Gasteiger partial charge < -0.3 is 10.2 Å². The second-order valence-electron chi connectivity index (χ2n) is 3.97. The maximum Gasteiger partial charge on any atom is 0.222 e. The fourth-order valence-electron chi connectivity index (χ4n) is 1.84. The molecule has 1 aliphatic rings. The summed E-state index contributed by atoms with van der Waals surface area (Å²) in [5, 5.41) is 5.58. The first-order chi connectivity index (χ1) is 7.25. The van der Waals surface area contributed by atoms with E-state index in [0.29, 0.717) is 12.5 Å². The van der Waals surface area contributed by atoms with E-state index in [1.165, 1.54) is 4.88 Å². The molecular weight excluding hydrogens is 208 g/mol. The van der Waals surface area contributed by atoms with Gasteiger partial charge in [-0.2, -0.15) is 0 Å². The summed E-state index contributed by atoms with van der Waals surface area (Å²) in [5.74, 6) is 0.268. The number of piperidine rings is 1. The first kappa shape index (κ1) is 10.6. The molecule has 2 heterocycles. The minimum absolute atomic E-state index is 0.268. The van der Waals surface area contributed by atoms with E-state index in [4.69, 9.17) is 0 Å². The van der Waals surface area contributed by atoms with Gasteiger partial charge in [-0.05, 0) is 17.9 Å². The van der Waals surface area contributed by atoms with Crippen molar-refractivity contribution in [2.24, 2.45) is 0 Å². The topological polar surface area (TPSA) is 32.3 Å².